The van der Waals surface area contributed by atoms with E-state index in [0.29, 0.717) is 12.2 Å². The predicted molar refractivity (Wildman–Crippen MR) is 103 cm³/mol. The Morgan fingerprint density at radius 2 is 1.86 bits per heavy atom. The lowest BCUT2D eigenvalue weighted by Crippen LogP contribution is -2.45. The van der Waals surface area contributed by atoms with Gasteiger partial charge in [-0.15, -0.1) is 0 Å². The van der Waals surface area contributed by atoms with Crippen LogP contribution in [0.15, 0.2) is 48.5 Å². The Hall–Kier alpha value is -2.54. The quantitative estimate of drug-likeness (QED) is 0.774. The fourth-order valence-electron chi connectivity index (χ4n) is 3.35. The molecule has 0 spiro atoms. The van der Waals surface area contributed by atoms with Gasteiger partial charge in [-0.25, -0.2) is 18.0 Å². The van der Waals surface area contributed by atoms with Crippen LogP contribution in [0.4, 0.5) is 23.7 Å². The number of halogens is 3. The van der Waals surface area contributed by atoms with Gasteiger partial charge in [0.2, 0.25) is 0 Å². The predicted octanol–water partition coefficient (Wildman–Crippen LogP) is 4.72. The van der Waals surface area contributed by atoms with E-state index in [9.17, 15) is 18.0 Å². The molecule has 0 bridgehead atoms. The maximum atomic E-state index is 13.4. The second kappa shape index (κ2) is 8.65. The van der Waals surface area contributed by atoms with Gasteiger partial charge >= 0.3 is 6.03 Å². The first-order chi connectivity index (χ1) is 13.3. The van der Waals surface area contributed by atoms with E-state index in [0.717, 1.165) is 38.4 Å². The minimum atomic E-state index is -2.96. The first kappa shape index (κ1) is 20.2. The highest BCUT2D eigenvalue weighted by atomic mass is 19.3. The number of hydrogen-bond acceptors (Lipinski definition) is 2. The van der Waals surface area contributed by atoms with E-state index in [1.165, 1.54) is 30.3 Å². The fourth-order valence-corrected chi connectivity index (χ4v) is 3.35. The molecular weight excluding hydrogens is 367 g/mol. The number of rotatable bonds is 5. The summed E-state index contributed by atoms with van der Waals surface area (Å²) in [5.41, 5.74) is 1.12. The van der Waals surface area contributed by atoms with Crippen LogP contribution in [0, 0.1) is 5.82 Å². The molecule has 0 aromatic heterocycles. The highest BCUT2D eigenvalue weighted by Crippen LogP contribution is 2.28. The van der Waals surface area contributed by atoms with E-state index >= 15 is 0 Å². The number of nitrogens with zero attached hydrogens (tertiary/aromatic N) is 1. The Labute approximate surface area is 162 Å². The van der Waals surface area contributed by atoms with Crippen molar-refractivity contribution in [2.24, 2.45) is 0 Å². The lowest BCUT2D eigenvalue weighted by atomic mass is 10.0. The molecule has 1 saturated heterocycles. The number of piperidine rings is 1. The molecule has 1 aliphatic heterocycles. The van der Waals surface area contributed by atoms with Crippen molar-refractivity contribution in [1.82, 2.24) is 10.2 Å². The van der Waals surface area contributed by atoms with Gasteiger partial charge in [-0.3, -0.25) is 4.90 Å². The van der Waals surface area contributed by atoms with Gasteiger partial charge in [-0.05, 0) is 42.7 Å². The number of amides is 2. The molecular formula is C21H24F3N3O. The summed E-state index contributed by atoms with van der Waals surface area (Å²) in [7, 11) is 0. The van der Waals surface area contributed by atoms with Gasteiger partial charge in [0.15, 0.2) is 0 Å². The smallest absolute Gasteiger partial charge is 0.319 e. The molecule has 150 valence electrons. The average molecular weight is 391 g/mol. The summed E-state index contributed by atoms with van der Waals surface area (Å²) >= 11 is 0. The average Bonchev–Trinajstić information content (AvgIpc) is 2.63. The number of hydrogen-bond donors (Lipinski definition) is 2. The van der Waals surface area contributed by atoms with Crippen molar-refractivity contribution in [3.8, 4) is 0 Å². The van der Waals surface area contributed by atoms with Crippen LogP contribution in [0.25, 0.3) is 0 Å². The molecule has 1 heterocycles. The molecule has 2 aromatic rings. The molecule has 2 aromatic carbocycles. The van der Waals surface area contributed by atoms with Crippen LogP contribution in [-0.2, 0) is 12.5 Å². The van der Waals surface area contributed by atoms with Crippen LogP contribution in [0.2, 0.25) is 0 Å². The molecule has 2 amide bonds. The minimum absolute atomic E-state index is 0.0135. The summed E-state index contributed by atoms with van der Waals surface area (Å²) < 4.78 is 40.1. The largest absolute Gasteiger partial charge is 0.335 e. The Morgan fingerprint density at radius 3 is 2.54 bits per heavy atom. The second-order valence-electron chi connectivity index (χ2n) is 7.25. The van der Waals surface area contributed by atoms with Crippen LogP contribution < -0.4 is 10.6 Å². The number of urea groups is 1. The van der Waals surface area contributed by atoms with Crippen molar-refractivity contribution >= 4 is 11.7 Å². The molecule has 1 fully saturated rings. The zero-order valence-electron chi connectivity index (χ0n) is 15.7. The van der Waals surface area contributed by atoms with Gasteiger partial charge in [-0.2, -0.15) is 0 Å². The van der Waals surface area contributed by atoms with E-state index in [4.69, 9.17) is 0 Å². The van der Waals surface area contributed by atoms with Gasteiger partial charge in [-0.1, -0.05) is 24.3 Å². The third kappa shape index (κ3) is 5.73. The van der Waals surface area contributed by atoms with Crippen LogP contribution in [0.1, 0.15) is 30.9 Å². The van der Waals surface area contributed by atoms with E-state index in [-0.39, 0.29) is 17.4 Å². The monoisotopic (exact) mass is 391 g/mol. The number of nitrogens with one attached hydrogen (secondary N) is 2. The summed E-state index contributed by atoms with van der Waals surface area (Å²) in [5, 5.41) is 5.52. The van der Waals surface area contributed by atoms with Crippen molar-refractivity contribution < 1.29 is 18.0 Å². The van der Waals surface area contributed by atoms with Gasteiger partial charge in [0.05, 0.1) is 0 Å². The van der Waals surface area contributed by atoms with Crippen molar-refractivity contribution in [1.29, 1.82) is 0 Å². The lowest BCUT2D eigenvalue weighted by molar-refractivity contribution is 0.0175. The van der Waals surface area contributed by atoms with Crippen molar-refractivity contribution in [2.45, 2.75) is 38.3 Å². The Morgan fingerprint density at radius 1 is 1.14 bits per heavy atom. The summed E-state index contributed by atoms with van der Waals surface area (Å²) in [4.78, 5) is 14.4. The highest BCUT2D eigenvalue weighted by molar-refractivity contribution is 5.89. The molecule has 3 rings (SSSR count). The Balaban J connectivity index is 1.46. The first-order valence-corrected chi connectivity index (χ1v) is 9.32. The molecule has 0 radical (unpaired) electrons. The maximum Gasteiger partial charge on any atom is 0.319 e. The number of carbonyl (C=O) groups is 1. The number of benzene rings is 2. The van der Waals surface area contributed by atoms with Gasteiger partial charge in [0.25, 0.3) is 5.92 Å². The molecule has 0 aliphatic carbocycles. The number of alkyl halides is 2. The summed E-state index contributed by atoms with van der Waals surface area (Å²) in [6.45, 7) is 3.08. The van der Waals surface area contributed by atoms with Gasteiger partial charge in [0.1, 0.15) is 5.82 Å². The van der Waals surface area contributed by atoms with Crippen LogP contribution in [0.3, 0.4) is 0 Å². The standard InChI is InChI=1S/C21H24F3N3O/c1-21(23,24)16-5-3-7-19(13-16)26-20(28)25-18-8-10-27(11-9-18)14-15-4-2-6-17(22)12-15/h2-7,12-13,18H,8-11,14H2,1H3,(H2,25,26,28). The second-order valence-corrected chi connectivity index (χ2v) is 7.25. The molecule has 0 unspecified atom stereocenters. The van der Waals surface area contributed by atoms with E-state index < -0.39 is 12.0 Å². The third-order valence-electron chi connectivity index (χ3n) is 4.85. The number of likely N-dealkylation sites (tertiary alicyclic amines) is 1. The van der Waals surface area contributed by atoms with E-state index in [1.807, 2.05) is 6.07 Å². The molecule has 4 nitrogen and oxygen atoms in total. The maximum absolute atomic E-state index is 13.4. The Kier molecular flexibility index (Phi) is 6.24. The van der Waals surface area contributed by atoms with Crippen molar-refractivity contribution in [3.63, 3.8) is 0 Å². The molecule has 2 N–H and O–H groups in total. The molecule has 0 saturated carbocycles. The molecule has 7 heteroatoms. The lowest BCUT2D eigenvalue weighted by Gasteiger charge is -2.32. The van der Waals surface area contributed by atoms with E-state index in [2.05, 4.69) is 15.5 Å². The summed E-state index contributed by atoms with van der Waals surface area (Å²) in [6.07, 6.45) is 1.55. The first-order valence-electron chi connectivity index (χ1n) is 9.32. The van der Waals surface area contributed by atoms with Gasteiger partial charge < -0.3 is 10.6 Å². The highest BCUT2D eigenvalue weighted by Gasteiger charge is 2.25. The molecule has 28 heavy (non-hydrogen) atoms. The zero-order chi connectivity index (χ0) is 20.1. The summed E-state index contributed by atoms with van der Waals surface area (Å²) in [5.74, 6) is -3.20. The fraction of sp³-hybridized carbons (Fsp3) is 0.381. The van der Waals surface area contributed by atoms with Crippen LogP contribution in [-0.4, -0.2) is 30.1 Å². The van der Waals surface area contributed by atoms with Gasteiger partial charge in [0, 0.05) is 43.9 Å². The van der Waals surface area contributed by atoms with E-state index in [1.54, 1.807) is 12.1 Å². The zero-order valence-corrected chi connectivity index (χ0v) is 15.7. The number of carbonyl (C=O) groups excluding carboxylic acids is 1. The normalized spacial score (nSPS) is 16.0. The van der Waals surface area contributed by atoms with Crippen LogP contribution >= 0.6 is 0 Å². The SMILES string of the molecule is CC(F)(F)c1cccc(NC(=O)NC2CCN(Cc3cccc(F)c3)CC2)c1. The summed E-state index contributed by atoms with van der Waals surface area (Å²) in [6, 6.07) is 11.9. The Bertz CT molecular complexity index is 815. The van der Waals surface area contributed by atoms with Crippen molar-refractivity contribution in [2.75, 3.05) is 18.4 Å². The van der Waals surface area contributed by atoms with Crippen molar-refractivity contribution in [3.05, 3.63) is 65.5 Å². The third-order valence-corrected chi connectivity index (χ3v) is 4.85. The minimum Gasteiger partial charge on any atom is -0.335 e. The van der Waals surface area contributed by atoms with Crippen LogP contribution in [0.5, 0.6) is 0 Å². The topological polar surface area (TPSA) is 44.4 Å². The molecule has 1 aliphatic rings. The molecule has 0 atom stereocenters. The number of anilines is 1.